The molecule has 2 bridgehead atoms. The summed E-state index contributed by atoms with van der Waals surface area (Å²) in [6, 6.07) is 22.3. The maximum Gasteiger partial charge on any atom is 0.337 e. The molecule has 4 aliphatic rings. The molecule has 1 aliphatic heterocycles. The van der Waals surface area contributed by atoms with Gasteiger partial charge in [0.05, 0.1) is 38.8 Å². The first-order valence-corrected chi connectivity index (χ1v) is 12.1. The number of esters is 1. The Bertz CT molecular complexity index is 1250. The molecule has 2 atom stereocenters. The first-order chi connectivity index (χ1) is 15.8. The largest absolute Gasteiger partial charge is 0.465 e. The number of nitrogens with zero attached hydrogens (tertiary/aromatic N) is 1. The summed E-state index contributed by atoms with van der Waals surface area (Å²) in [6.45, 7) is 0. The maximum absolute atomic E-state index is 13.9. The van der Waals surface area contributed by atoms with Crippen LogP contribution >= 0.6 is 31.9 Å². The minimum Gasteiger partial charge on any atom is -0.465 e. The highest BCUT2D eigenvalue weighted by Gasteiger charge is 2.72. The lowest BCUT2D eigenvalue weighted by Crippen LogP contribution is -2.56. The summed E-state index contributed by atoms with van der Waals surface area (Å²) in [5, 5.41) is 0. The van der Waals surface area contributed by atoms with Gasteiger partial charge in [-0.1, -0.05) is 80.4 Å². The summed E-state index contributed by atoms with van der Waals surface area (Å²) >= 11 is 7.98. The third-order valence-corrected chi connectivity index (χ3v) is 9.83. The molecule has 5 nitrogen and oxygen atoms in total. The molecule has 3 aromatic rings. The number of imide groups is 1. The molecule has 1 saturated heterocycles. The van der Waals surface area contributed by atoms with Crippen molar-refractivity contribution in [2.75, 3.05) is 12.0 Å². The zero-order chi connectivity index (χ0) is 23.1. The lowest BCUT2D eigenvalue weighted by molar-refractivity contribution is -0.122. The number of hydrogen-bond donors (Lipinski definition) is 0. The smallest absolute Gasteiger partial charge is 0.337 e. The van der Waals surface area contributed by atoms with E-state index in [1.165, 1.54) is 12.0 Å². The number of benzene rings is 3. The van der Waals surface area contributed by atoms with Crippen LogP contribution in [-0.2, 0) is 23.0 Å². The van der Waals surface area contributed by atoms with Crippen LogP contribution in [0.5, 0.6) is 0 Å². The van der Waals surface area contributed by atoms with Crippen LogP contribution < -0.4 is 4.90 Å². The van der Waals surface area contributed by atoms with Gasteiger partial charge in [0.15, 0.2) is 0 Å². The van der Waals surface area contributed by atoms with Crippen LogP contribution in [0.3, 0.4) is 0 Å². The topological polar surface area (TPSA) is 63.7 Å². The van der Waals surface area contributed by atoms with Crippen LogP contribution in [0.2, 0.25) is 0 Å². The average Bonchev–Trinajstić information content (AvgIpc) is 3.13. The van der Waals surface area contributed by atoms with E-state index in [4.69, 9.17) is 4.74 Å². The molecule has 0 aromatic heterocycles. The van der Waals surface area contributed by atoms with Gasteiger partial charge in [-0.3, -0.25) is 9.59 Å². The van der Waals surface area contributed by atoms with Crippen LogP contribution in [0.15, 0.2) is 72.8 Å². The van der Waals surface area contributed by atoms with E-state index in [0.29, 0.717) is 11.3 Å². The Labute approximate surface area is 207 Å². The molecule has 3 aromatic carbocycles. The summed E-state index contributed by atoms with van der Waals surface area (Å²) in [4.78, 5) is 41.0. The normalized spacial score (nSPS) is 28.9. The molecule has 1 heterocycles. The molecule has 33 heavy (non-hydrogen) atoms. The lowest BCUT2D eigenvalue weighted by atomic mass is 9.54. The maximum atomic E-state index is 13.9. The minimum absolute atomic E-state index is 0.263. The number of ether oxygens (including phenoxy) is 1. The predicted octanol–water partition coefficient (Wildman–Crippen LogP) is 4.88. The number of rotatable bonds is 2. The number of alkyl halides is 2. The number of carbonyl (C=O) groups excluding carboxylic acids is 3. The van der Waals surface area contributed by atoms with Crippen LogP contribution in [0.4, 0.5) is 5.69 Å². The van der Waals surface area contributed by atoms with Gasteiger partial charge in [0.25, 0.3) is 0 Å². The Kier molecular flexibility index (Phi) is 4.33. The van der Waals surface area contributed by atoms with Crippen LogP contribution in [0.25, 0.3) is 0 Å². The fourth-order valence-electron chi connectivity index (χ4n) is 5.79. The van der Waals surface area contributed by atoms with E-state index in [2.05, 4.69) is 31.9 Å². The molecule has 7 heteroatoms. The van der Waals surface area contributed by atoms with Gasteiger partial charge in [-0.15, -0.1) is 0 Å². The number of halogens is 2. The Morgan fingerprint density at radius 1 is 0.758 bits per heavy atom. The molecule has 7 rings (SSSR count). The minimum atomic E-state index is -0.826. The van der Waals surface area contributed by atoms with Gasteiger partial charge in [0.2, 0.25) is 11.8 Å². The van der Waals surface area contributed by atoms with E-state index in [-0.39, 0.29) is 11.8 Å². The Morgan fingerprint density at radius 3 is 1.52 bits per heavy atom. The molecule has 0 radical (unpaired) electrons. The Balaban J connectivity index is 1.56. The van der Waals surface area contributed by atoms with Crippen molar-refractivity contribution in [1.82, 2.24) is 0 Å². The summed E-state index contributed by atoms with van der Waals surface area (Å²) < 4.78 is 3.11. The van der Waals surface area contributed by atoms with Gasteiger partial charge >= 0.3 is 5.97 Å². The first-order valence-electron chi connectivity index (χ1n) is 10.5. The van der Waals surface area contributed by atoms with Crippen molar-refractivity contribution in [2.45, 2.75) is 8.65 Å². The predicted molar refractivity (Wildman–Crippen MR) is 130 cm³/mol. The van der Waals surface area contributed by atoms with E-state index < -0.39 is 26.5 Å². The highest BCUT2D eigenvalue weighted by Crippen LogP contribution is 2.70. The highest BCUT2D eigenvalue weighted by atomic mass is 79.9. The van der Waals surface area contributed by atoms with Crippen molar-refractivity contribution >= 4 is 55.3 Å². The number of anilines is 1. The Hall–Kier alpha value is -2.77. The summed E-state index contributed by atoms with van der Waals surface area (Å²) in [5.41, 5.74) is 4.76. The van der Waals surface area contributed by atoms with E-state index in [9.17, 15) is 14.4 Å². The third kappa shape index (κ3) is 2.39. The van der Waals surface area contributed by atoms with Gasteiger partial charge in [0, 0.05) is 0 Å². The highest BCUT2D eigenvalue weighted by molar-refractivity contribution is 9.10. The lowest BCUT2D eigenvalue weighted by Gasteiger charge is -2.55. The van der Waals surface area contributed by atoms with Crippen molar-refractivity contribution in [2.24, 2.45) is 11.8 Å². The van der Waals surface area contributed by atoms with Gasteiger partial charge in [-0.05, 0) is 46.5 Å². The molecular weight excluding hydrogens is 550 g/mol. The summed E-state index contributed by atoms with van der Waals surface area (Å²) in [5.74, 6) is -2.26. The first kappa shape index (κ1) is 20.8. The second-order valence-electron chi connectivity index (χ2n) is 8.52. The monoisotopic (exact) mass is 565 g/mol. The Morgan fingerprint density at radius 2 is 1.15 bits per heavy atom. The van der Waals surface area contributed by atoms with Crippen LogP contribution in [0, 0.1) is 11.8 Å². The molecule has 0 spiro atoms. The van der Waals surface area contributed by atoms with Crippen molar-refractivity contribution < 1.29 is 19.1 Å². The molecule has 2 amide bonds. The number of amides is 2. The molecule has 0 N–H and O–H groups in total. The molecule has 164 valence electrons. The number of carbonyl (C=O) groups is 3. The molecule has 3 aliphatic carbocycles. The van der Waals surface area contributed by atoms with Gasteiger partial charge in [0.1, 0.15) is 0 Å². The number of hydrogen-bond acceptors (Lipinski definition) is 4. The standard InChI is InChI=1S/C26H17Br2NO4/c1-33-24(32)14-10-12-15(13-11-14)29-22(30)20-21(23(29)31)26(28)17-7-3-2-6-16(17)25(20,27)18-8-4-5-9-19(18)26/h2-13,20-21H,1H3. The molecule has 0 saturated carbocycles. The average molecular weight is 567 g/mol. The van der Waals surface area contributed by atoms with E-state index in [1.807, 2.05) is 48.5 Å². The molecule has 1 fully saturated rings. The second kappa shape index (κ2) is 6.87. The van der Waals surface area contributed by atoms with E-state index in [1.54, 1.807) is 24.3 Å². The molecular formula is C26H17Br2NO4. The van der Waals surface area contributed by atoms with Crippen molar-refractivity contribution in [1.29, 1.82) is 0 Å². The van der Waals surface area contributed by atoms with Crippen LogP contribution in [-0.4, -0.2) is 24.9 Å². The van der Waals surface area contributed by atoms with Crippen molar-refractivity contribution in [3.05, 3.63) is 101 Å². The quantitative estimate of drug-likeness (QED) is 0.252. The summed E-state index contributed by atoms with van der Waals surface area (Å²) in [7, 11) is 1.31. The van der Waals surface area contributed by atoms with Crippen molar-refractivity contribution in [3.63, 3.8) is 0 Å². The van der Waals surface area contributed by atoms with E-state index >= 15 is 0 Å². The molecule has 2 unspecified atom stereocenters. The zero-order valence-corrected chi connectivity index (χ0v) is 20.6. The van der Waals surface area contributed by atoms with Gasteiger partial charge in [-0.2, -0.15) is 0 Å². The van der Waals surface area contributed by atoms with E-state index in [0.717, 1.165) is 22.3 Å². The second-order valence-corrected chi connectivity index (χ2v) is 11.0. The zero-order valence-electron chi connectivity index (χ0n) is 17.4. The van der Waals surface area contributed by atoms with Gasteiger partial charge in [-0.25, -0.2) is 9.69 Å². The van der Waals surface area contributed by atoms with Gasteiger partial charge < -0.3 is 4.74 Å². The third-order valence-electron chi connectivity index (χ3n) is 7.13. The summed E-state index contributed by atoms with van der Waals surface area (Å²) in [6.07, 6.45) is 0. The van der Waals surface area contributed by atoms with Crippen LogP contribution in [0.1, 0.15) is 32.6 Å². The fraction of sp³-hybridized carbons (Fsp3) is 0.192. The SMILES string of the molecule is COC(=O)c1ccc(N2C(=O)C3C(C2=O)C2(Br)c4ccccc4C3(Br)c3ccccc32)cc1. The number of methoxy groups -OCH3 is 1. The van der Waals surface area contributed by atoms with Crippen molar-refractivity contribution in [3.8, 4) is 0 Å². The fourth-order valence-corrected chi connectivity index (χ4v) is 8.09.